The lowest BCUT2D eigenvalue weighted by atomic mass is 9.75. The Bertz CT molecular complexity index is 656. The van der Waals surface area contributed by atoms with E-state index < -0.39 is 29.5 Å². The van der Waals surface area contributed by atoms with E-state index in [1.807, 2.05) is 0 Å². The summed E-state index contributed by atoms with van der Waals surface area (Å²) in [5, 5.41) is 12.2. The average Bonchev–Trinajstić information content (AvgIpc) is 3.00. The van der Waals surface area contributed by atoms with E-state index in [9.17, 15) is 14.7 Å². The molecule has 0 unspecified atom stereocenters. The number of hydrogen-bond acceptors (Lipinski definition) is 4. The molecule has 1 amide bonds. The molecular weight excluding hydrogens is 286 g/mol. The minimum atomic E-state index is -1.02. The predicted octanol–water partition coefficient (Wildman–Crippen LogP) is 1.68. The summed E-state index contributed by atoms with van der Waals surface area (Å²) < 4.78 is 10.8. The van der Waals surface area contributed by atoms with Crippen LogP contribution >= 0.6 is 0 Å². The molecule has 4 atom stereocenters. The molecule has 1 fully saturated rings. The van der Waals surface area contributed by atoms with E-state index in [4.69, 9.17) is 9.47 Å². The van der Waals surface area contributed by atoms with E-state index >= 15 is 0 Å². The van der Waals surface area contributed by atoms with Gasteiger partial charge in [-0.1, -0.05) is 18.2 Å². The topological polar surface area (TPSA) is 84.9 Å². The number of carbonyl (C=O) groups is 2. The Morgan fingerprint density at radius 1 is 1.41 bits per heavy atom. The SMILES string of the molecule is COc1cccc(NC(=O)[C@@H]2[C@H](C(=O)O)[C@H]3C=C[C@@]2(C)O3)c1. The van der Waals surface area contributed by atoms with Crippen LogP contribution in [-0.2, 0) is 14.3 Å². The predicted molar refractivity (Wildman–Crippen MR) is 78.7 cm³/mol. The molecule has 1 saturated heterocycles. The maximum Gasteiger partial charge on any atom is 0.310 e. The summed E-state index contributed by atoms with van der Waals surface area (Å²) in [6.07, 6.45) is 2.93. The maximum atomic E-state index is 12.6. The van der Waals surface area contributed by atoms with Gasteiger partial charge in [-0.15, -0.1) is 0 Å². The molecule has 116 valence electrons. The monoisotopic (exact) mass is 303 g/mol. The highest BCUT2D eigenvalue weighted by molar-refractivity contribution is 5.97. The standard InChI is InChI=1S/C16H17NO5/c1-16-7-6-11(22-16)12(15(19)20)13(16)14(18)17-9-4-3-5-10(8-9)21-2/h3-8,11-13H,1-2H3,(H,17,18)(H,19,20)/t11-,12-,13+,16-/m1/s1. The zero-order valence-electron chi connectivity index (χ0n) is 12.3. The molecule has 22 heavy (non-hydrogen) atoms. The van der Waals surface area contributed by atoms with E-state index in [0.717, 1.165) is 0 Å². The van der Waals surface area contributed by atoms with Crippen molar-refractivity contribution in [1.82, 2.24) is 0 Å². The Hall–Kier alpha value is -2.34. The van der Waals surface area contributed by atoms with Gasteiger partial charge in [0.1, 0.15) is 11.7 Å². The molecule has 2 heterocycles. The normalized spacial score (nSPS) is 32.0. The fraction of sp³-hybridized carbons (Fsp3) is 0.375. The number of benzene rings is 1. The van der Waals surface area contributed by atoms with Crippen LogP contribution in [0.4, 0.5) is 5.69 Å². The van der Waals surface area contributed by atoms with Crippen molar-refractivity contribution in [3.05, 3.63) is 36.4 Å². The van der Waals surface area contributed by atoms with Gasteiger partial charge < -0.3 is 19.9 Å². The number of methoxy groups -OCH3 is 1. The largest absolute Gasteiger partial charge is 0.497 e. The zero-order chi connectivity index (χ0) is 15.9. The van der Waals surface area contributed by atoms with Crippen LogP contribution in [-0.4, -0.2) is 35.8 Å². The van der Waals surface area contributed by atoms with Gasteiger partial charge >= 0.3 is 5.97 Å². The van der Waals surface area contributed by atoms with Crippen molar-refractivity contribution in [1.29, 1.82) is 0 Å². The number of carboxylic acids is 1. The Morgan fingerprint density at radius 3 is 2.86 bits per heavy atom. The molecule has 2 aliphatic rings. The number of hydrogen-bond donors (Lipinski definition) is 2. The number of carbonyl (C=O) groups excluding carboxylic acids is 1. The third-order valence-electron chi connectivity index (χ3n) is 4.24. The first-order valence-corrected chi connectivity index (χ1v) is 6.99. The number of rotatable bonds is 4. The third-order valence-corrected chi connectivity index (χ3v) is 4.24. The van der Waals surface area contributed by atoms with Crippen molar-refractivity contribution in [3.63, 3.8) is 0 Å². The summed E-state index contributed by atoms with van der Waals surface area (Å²) >= 11 is 0. The summed E-state index contributed by atoms with van der Waals surface area (Å²) in [5.41, 5.74) is -0.319. The van der Waals surface area contributed by atoms with Crippen LogP contribution in [0.2, 0.25) is 0 Å². The molecule has 2 bridgehead atoms. The van der Waals surface area contributed by atoms with Crippen LogP contribution in [0.1, 0.15) is 6.92 Å². The van der Waals surface area contributed by atoms with Crippen molar-refractivity contribution in [2.45, 2.75) is 18.6 Å². The molecule has 2 aliphatic heterocycles. The summed E-state index contributed by atoms with van der Waals surface area (Å²) in [7, 11) is 1.54. The second-order valence-electron chi connectivity index (χ2n) is 5.69. The molecule has 0 aromatic heterocycles. The third kappa shape index (κ3) is 2.25. The highest BCUT2D eigenvalue weighted by Gasteiger charge is 2.59. The molecule has 1 aromatic carbocycles. The summed E-state index contributed by atoms with van der Waals surface area (Å²) in [5.74, 6) is -2.42. The minimum absolute atomic E-state index is 0.366. The number of amides is 1. The quantitative estimate of drug-likeness (QED) is 0.827. The van der Waals surface area contributed by atoms with Gasteiger partial charge in [0.2, 0.25) is 5.91 Å². The van der Waals surface area contributed by atoms with Crippen molar-refractivity contribution in [2.24, 2.45) is 11.8 Å². The Morgan fingerprint density at radius 2 is 2.18 bits per heavy atom. The fourth-order valence-electron chi connectivity index (χ4n) is 3.20. The van der Waals surface area contributed by atoms with Crippen molar-refractivity contribution >= 4 is 17.6 Å². The summed E-state index contributed by atoms with van der Waals surface area (Å²) in [6.45, 7) is 1.74. The number of nitrogens with one attached hydrogen (secondary N) is 1. The van der Waals surface area contributed by atoms with E-state index in [2.05, 4.69) is 5.32 Å². The highest BCUT2D eigenvalue weighted by atomic mass is 16.5. The fourth-order valence-corrected chi connectivity index (χ4v) is 3.20. The maximum absolute atomic E-state index is 12.6. The smallest absolute Gasteiger partial charge is 0.310 e. The molecule has 0 aliphatic carbocycles. The Balaban J connectivity index is 1.84. The number of fused-ring (bicyclic) bond motifs is 2. The van der Waals surface area contributed by atoms with Gasteiger partial charge in [-0.25, -0.2) is 0 Å². The van der Waals surface area contributed by atoms with Crippen LogP contribution in [0.25, 0.3) is 0 Å². The number of ether oxygens (including phenoxy) is 2. The molecule has 3 rings (SSSR count). The molecule has 0 saturated carbocycles. The molecule has 0 spiro atoms. The lowest BCUT2D eigenvalue weighted by molar-refractivity contribution is -0.146. The van der Waals surface area contributed by atoms with Crippen LogP contribution in [0, 0.1) is 11.8 Å². The van der Waals surface area contributed by atoms with Gasteiger partial charge in [0.05, 0.1) is 24.7 Å². The summed E-state index contributed by atoms with van der Waals surface area (Å²) in [4.78, 5) is 24.1. The van der Waals surface area contributed by atoms with E-state index in [1.165, 1.54) is 7.11 Å². The van der Waals surface area contributed by atoms with Gasteiger partial charge in [-0.05, 0) is 19.1 Å². The van der Waals surface area contributed by atoms with Crippen LogP contribution in [0.3, 0.4) is 0 Å². The van der Waals surface area contributed by atoms with E-state index in [1.54, 1.807) is 43.3 Å². The van der Waals surface area contributed by atoms with Crippen LogP contribution in [0.5, 0.6) is 5.75 Å². The van der Waals surface area contributed by atoms with Crippen molar-refractivity contribution in [2.75, 3.05) is 12.4 Å². The van der Waals surface area contributed by atoms with Crippen LogP contribution < -0.4 is 10.1 Å². The van der Waals surface area contributed by atoms with Gasteiger partial charge in [0, 0.05) is 11.8 Å². The van der Waals surface area contributed by atoms with Gasteiger partial charge in [0.25, 0.3) is 0 Å². The molecule has 6 nitrogen and oxygen atoms in total. The molecule has 6 heteroatoms. The van der Waals surface area contributed by atoms with Gasteiger partial charge in [-0.3, -0.25) is 9.59 Å². The lowest BCUT2D eigenvalue weighted by Crippen LogP contribution is -2.44. The van der Waals surface area contributed by atoms with Gasteiger partial charge in [0.15, 0.2) is 0 Å². The Kier molecular flexibility index (Phi) is 3.41. The van der Waals surface area contributed by atoms with Crippen LogP contribution in [0.15, 0.2) is 36.4 Å². The van der Waals surface area contributed by atoms with E-state index in [-0.39, 0.29) is 5.91 Å². The number of anilines is 1. The highest BCUT2D eigenvalue weighted by Crippen LogP contribution is 2.47. The van der Waals surface area contributed by atoms with Crippen molar-refractivity contribution in [3.8, 4) is 5.75 Å². The first-order valence-electron chi connectivity index (χ1n) is 6.99. The zero-order valence-corrected chi connectivity index (χ0v) is 12.3. The lowest BCUT2D eigenvalue weighted by Gasteiger charge is -2.27. The number of carboxylic acid groups (broad SMARTS) is 1. The minimum Gasteiger partial charge on any atom is -0.497 e. The first kappa shape index (κ1) is 14.6. The molecule has 0 radical (unpaired) electrons. The second-order valence-corrected chi connectivity index (χ2v) is 5.69. The second kappa shape index (κ2) is 5.14. The number of aliphatic carboxylic acids is 1. The average molecular weight is 303 g/mol. The summed E-state index contributed by atoms with van der Waals surface area (Å²) in [6, 6.07) is 6.92. The molecule has 1 aromatic rings. The first-order chi connectivity index (χ1) is 10.4. The molecule has 2 N–H and O–H groups in total. The van der Waals surface area contributed by atoms with Crippen molar-refractivity contribution < 1.29 is 24.2 Å². The molecular formula is C16H17NO5. The Labute approximate surface area is 127 Å². The van der Waals surface area contributed by atoms with Gasteiger partial charge in [-0.2, -0.15) is 0 Å². The van der Waals surface area contributed by atoms with E-state index in [0.29, 0.717) is 11.4 Å².